The fourth-order valence-corrected chi connectivity index (χ4v) is 3.01. The molecule has 1 rings (SSSR count). The zero-order chi connectivity index (χ0) is 16.8. The largest absolute Gasteiger partial charge is 0.466 e. The second kappa shape index (κ2) is 7.90. The quantitative estimate of drug-likeness (QED) is 0.734. The first-order valence-electron chi connectivity index (χ1n) is 6.80. The Hall–Kier alpha value is -1.93. The molecule has 2 N–H and O–H groups in total. The van der Waals surface area contributed by atoms with Crippen molar-refractivity contribution < 1.29 is 22.7 Å². The van der Waals surface area contributed by atoms with Crippen LogP contribution in [-0.4, -0.2) is 32.9 Å². The summed E-state index contributed by atoms with van der Waals surface area (Å²) in [7, 11) is -3.74. The minimum absolute atomic E-state index is 0.0446. The maximum atomic E-state index is 12.2. The van der Waals surface area contributed by atoms with Gasteiger partial charge in [-0.2, -0.15) is 0 Å². The fraction of sp³-hybridized carbons (Fsp3) is 0.429. The SMILES string of the molecule is CCOC(=O)CC(C)NS(=O)(=O)c1ccc(NC(C)=O)cc1. The molecule has 1 aromatic carbocycles. The van der Waals surface area contributed by atoms with Crippen molar-refractivity contribution in [1.82, 2.24) is 4.72 Å². The summed E-state index contributed by atoms with van der Waals surface area (Å²) in [5.74, 6) is -0.699. The summed E-state index contributed by atoms with van der Waals surface area (Å²) < 4.78 is 31.5. The van der Waals surface area contributed by atoms with E-state index in [1.165, 1.54) is 31.2 Å². The summed E-state index contributed by atoms with van der Waals surface area (Å²) in [4.78, 5) is 22.3. The predicted octanol–water partition coefficient (Wildman–Crippen LogP) is 1.26. The molecule has 1 atom stereocenters. The molecule has 0 heterocycles. The van der Waals surface area contributed by atoms with Gasteiger partial charge >= 0.3 is 5.97 Å². The van der Waals surface area contributed by atoms with Crippen LogP contribution in [0.4, 0.5) is 5.69 Å². The number of nitrogens with one attached hydrogen (secondary N) is 2. The van der Waals surface area contributed by atoms with Crippen molar-refractivity contribution in [2.24, 2.45) is 0 Å². The van der Waals surface area contributed by atoms with E-state index in [1.54, 1.807) is 13.8 Å². The average molecular weight is 328 g/mol. The highest BCUT2D eigenvalue weighted by Gasteiger charge is 2.19. The van der Waals surface area contributed by atoms with Gasteiger partial charge in [-0.3, -0.25) is 9.59 Å². The third kappa shape index (κ3) is 5.82. The molecular weight excluding hydrogens is 308 g/mol. The van der Waals surface area contributed by atoms with E-state index < -0.39 is 22.0 Å². The highest BCUT2D eigenvalue weighted by molar-refractivity contribution is 7.89. The number of benzene rings is 1. The van der Waals surface area contributed by atoms with Crippen molar-refractivity contribution >= 4 is 27.6 Å². The van der Waals surface area contributed by atoms with Gasteiger partial charge in [-0.25, -0.2) is 13.1 Å². The molecule has 0 spiro atoms. The number of hydrogen-bond donors (Lipinski definition) is 2. The smallest absolute Gasteiger partial charge is 0.307 e. The maximum absolute atomic E-state index is 12.2. The van der Waals surface area contributed by atoms with Crippen LogP contribution in [-0.2, 0) is 24.3 Å². The number of hydrogen-bond acceptors (Lipinski definition) is 5. The Bertz CT molecular complexity index is 625. The lowest BCUT2D eigenvalue weighted by molar-refractivity contribution is -0.143. The Morgan fingerprint density at radius 2 is 1.82 bits per heavy atom. The number of ether oxygens (including phenoxy) is 1. The lowest BCUT2D eigenvalue weighted by Gasteiger charge is -2.13. The molecule has 1 amide bonds. The Morgan fingerprint density at radius 1 is 1.23 bits per heavy atom. The van der Waals surface area contributed by atoms with Crippen molar-refractivity contribution in [3.63, 3.8) is 0 Å². The molecule has 7 nitrogen and oxygen atoms in total. The first-order valence-corrected chi connectivity index (χ1v) is 8.28. The third-order valence-corrected chi connectivity index (χ3v) is 4.22. The molecule has 1 aromatic rings. The summed E-state index contributed by atoms with van der Waals surface area (Å²) in [5.41, 5.74) is 0.506. The second-order valence-corrected chi connectivity index (χ2v) is 6.45. The van der Waals surface area contributed by atoms with E-state index in [0.29, 0.717) is 5.69 Å². The molecular formula is C14H20N2O5S. The van der Waals surface area contributed by atoms with Crippen LogP contribution >= 0.6 is 0 Å². The minimum Gasteiger partial charge on any atom is -0.466 e. The highest BCUT2D eigenvalue weighted by Crippen LogP contribution is 2.14. The van der Waals surface area contributed by atoms with Crippen LogP contribution in [0.25, 0.3) is 0 Å². The van der Waals surface area contributed by atoms with Gasteiger partial charge in [0.15, 0.2) is 0 Å². The Kier molecular flexibility index (Phi) is 6.51. The number of anilines is 1. The lowest BCUT2D eigenvalue weighted by Crippen LogP contribution is -2.34. The van der Waals surface area contributed by atoms with E-state index in [4.69, 9.17) is 4.74 Å². The maximum Gasteiger partial charge on any atom is 0.307 e. The number of rotatable bonds is 7. The number of carbonyl (C=O) groups is 2. The monoisotopic (exact) mass is 328 g/mol. The lowest BCUT2D eigenvalue weighted by atomic mass is 10.3. The van der Waals surface area contributed by atoms with E-state index in [-0.39, 0.29) is 23.8 Å². The van der Waals surface area contributed by atoms with Crippen LogP contribution in [0, 0.1) is 0 Å². The van der Waals surface area contributed by atoms with Crippen molar-refractivity contribution in [3.05, 3.63) is 24.3 Å². The first-order chi connectivity index (χ1) is 10.2. The van der Waals surface area contributed by atoms with Crippen molar-refractivity contribution in [2.45, 2.75) is 38.1 Å². The molecule has 0 saturated carbocycles. The molecule has 0 saturated heterocycles. The molecule has 1 unspecified atom stereocenters. The zero-order valence-corrected chi connectivity index (χ0v) is 13.6. The number of sulfonamides is 1. The van der Waals surface area contributed by atoms with Crippen LogP contribution in [0.5, 0.6) is 0 Å². The number of esters is 1. The Labute approximate surface area is 130 Å². The van der Waals surface area contributed by atoms with Crippen molar-refractivity contribution in [2.75, 3.05) is 11.9 Å². The molecule has 22 heavy (non-hydrogen) atoms. The summed E-state index contributed by atoms with van der Waals surface area (Å²) in [6.45, 7) is 4.88. The molecule has 8 heteroatoms. The first kappa shape index (κ1) is 18.1. The van der Waals surface area contributed by atoms with Gasteiger partial charge in [-0.05, 0) is 38.1 Å². The molecule has 0 aromatic heterocycles. The van der Waals surface area contributed by atoms with E-state index in [0.717, 1.165) is 0 Å². The van der Waals surface area contributed by atoms with Gasteiger partial charge in [-0.15, -0.1) is 0 Å². The van der Waals surface area contributed by atoms with E-state index in [2.05, 4.69) is 10.0 Å². The van der Waals surface area contributed by atoms with Crippen LogP contribution in [0.15, 0.2) is 29.2 Å². The van der Waals surface area contributed by atoms with Crippen molar-refractivity contribution in [3.8, 4) is 0 Å². The summed E-state index contributed by atoms with van der Waals surface area (Å²) >= 11 is 0. The fourth-order valence-electron chi connectivity index (χ4n) is 1.77. The van der Waals surface area contributed by atoms with Gasteiger partial charge in [0.1, 0.15) is 0 Å². The van der Waals surface area contributed by atoms with Gasteiger partial charge in [0.2, 0.25) is 15.9 Å². The molecule has 0 aliphatic carbocycles. The minimum atomic E-state index is -3.74. The summed E-state index contributed by atoms with van der Waals surface area (Å²) in [6, 6.07) is 5.16. The normalized spacial score (nSPS) is 12.5. The highest BCUT2D eigenvalue weighted by atomic mass is 32.2. The molecule has 122 valence electrons. The van der Waals surface area contributed by atoms with Gasteiger partial charge in [-0.1, -0.05) is 0 Å². The zero-order valence-electron chi connectivity index (χ0n) is 12.8. The van der Waals surface area contributed by atoms with Gasteiger partial charge < -0.3 is 10.1 Å². The molecule has 0 bridgehead atoms. The van der Waals surface area contributed by atoms with Crippen LogP contribution in [0.1, 0.15) is 27.2 Å². The standard InChI is InChI=1S/C14H20N2O5S/c1-4-21-14(18)9-10(2)16-22(19,20)13-7-5-12(6-8-13)15-11(3)17/h5-8,10,16H,4,9H2,1-3H3,(H,15,17). The van der Waals surface area contributed by atoms with Gasteiger partial charge in [0, 0.05) is 18.7 Å². The molecule has 0 radical (unpaired) electrons. The Morgan fingerprint density at radius 3 is 2.32 bits per heavy atom. The number of carbonyl (C=O) groups excluding carboxylic acids is 2. The summed E-state index contributed by atoms with van der Waals surface area (Å²) in [6.07, 6.45) is -0.0446. The van der Waals surface area contributed by atoms with E-state index in [9.17, 15) is 18.0 Å². The third-order valence-electron chi connectivity index (χ3n) is 2.62. The van der Waals surface area contributed by atoms with Crippen LogP contribution < -0.4 is 10.0 Å². The second-order valence-electron chi connectivity index (χ2n) is 4.74. The van der Waals surface area contributed by atoms with Gasteiger partial charge in [0.25, 0.3) is 0 Å². The van der Waals surface area contributed by atoms with Crippen molar-refractivity contribution in [1.29, 1.82) is 0 Å². The van der Waals surface area contributed by atoms with Crippen LogP contribution in [0.2, 0.25) is 0 Å². The molecule has 0 aliphatic rings. The van der Waals surface area contributed by atoms with E-state index in [1.807, 2.05) is 0 Å². The molecule has 0 aliphatic heterocycles. The van der Waals surface area contributed by atoms with Gasteiger partial charge in [0.05, 0.1) is 17.9 Å². The summed E-state index contributed by atoms with van der Waals surface area (Å²) in [5, 5.41) is 2.55. The predicted molar refractivity (Wildman–Crippen MR) is 81.8 cm³/mol. The topological polar surface area (TPSA) is 102 Å². The molecule has 0 fully saturated rings. The average Bonchev–Trinajstić information content (AvgIpc) is 2.37. The Balaban J connectivity index is 2.73. The number of amides is 1. The van der Waals surface area contributed by atoms with Crippen LogP contribution in [0.3, 0.4) is 0 Å². The van der Waals surface area contributed by atoms with E-state index >= 15 is 0 Å².